The summed E-state index contributed by atoms with van der Waals surface area (Å²) in [7, 11) is 0. The first-order valence-electron chi connectivity index (χ1n) is 5.82. The second kappa shape index (κ2) is 7.65. The number of carbonyl (C=O) groups excluding carboxylic acids is 1. The van der Waals surface area contributed by atoms with Crippen molar-refractivity contribution in [1.29, 1.82) is 0 Å². The molecule has 0 atom stereocenters. The van der Waals surface area contributed by atoms with Crippen molar-refractivity contribution in [2.75, 3.05) is 13.2 Å². The summed E-state index contributed by atoms with van der Waals surface area (Å²) in [5.74, 6) is -0.0353. The largest absolute Gasteiger partial charge is 0.391 e. The first-order valence-corrected chi connectivity index (χ1v) is 6.61. The third-order valence-corrected chi connectivity index (χ3v) is 2.92. The number of Topliss-reactive ketones (excluding diaryl/α,β-unsaturated/α-hetero) is 1. The van der Waals surface area contributed by atoms with Crippen LogP contribution in [-0.4, -0.2) is 25.2 Å². The predicted molar refractivity (Wildman–Crippen MR) is 69.2 cm³/mol. The van der Waals surface area contributed by atoms with Crippen molar-refractivity contribution in [2.24, 2.45) is 0 Å². The topological polar surface area (TPSA) is 26.3 Å². The van der Waals surface area contributed by atoms with Gasteiger partial charge < -0.3 is 4.74 Å². The molecule has 0 heterocycles. The van der Waals surface area contributed by atoms with Crippen molar-refractivity contribution < 1.29 is 22.7 Å². The molecule has 19 heavy (non-hydrogen) atoms. The van der Waals surface area contributed by atoms with E-state index >= 15 is 0 Å². The molecule has 0 unspecified atom stereocenters. The number of alkyl halides is 3. The number of ketones is 1. The van der Waals surface area contributed by atoms with Crippen molar-refractivity contribution >= 4 is 21.7 Å². The second-order valence-corrected chi connectivity index (χ2v) is 4.93. The van der Waals surface area contributed by atoms with Gasteiger partial charge in [0.2, 0.25) is 0 Å². The summed E-state index contributed by atoms with van der Waals surface area (Å²) in [5.41, 5.74) is 0.596. The molecular weight excluding hydrogens is 325 g/mol. The lowest BCUT2D eigenvalue weighted by Crippen LogP contribution is -2.12. The van der Waals surface area contributed by atoms with Crippen LogP contribution in [0, 0.1) is 0 Å². The number of ether oxygens (including phenoxy) is 1. The minimum atomic E-state index is -4.19. The third-order valence-electron chi connectivity index (χ3n) is 2.39. The van der Waals surface area contributed by atoms with Gasteiger partial charge >= 0.3 is 6.18 Å². The zero-order valence-electron chi connectivity index (χ0n) is 10.2. The van der Waals surface area contributed by atoms with Crippen molar-refractivity contribution in [2.45, 2.75) is 25.4 Å². The van der Waals surface area contributed by atoms with E-state index < -0.39 is 12.6 Å². The normalized spacial score (nSPS) is 11.6. The van der Waals surface area contributed by atoms with E-state index in [1.54, 1.807) is 24.3 Å². The molecule has 1 aromatic rings. The Balaban J connectivity index is 2.16. The summed E-state index contributed by atoms with van der Waals surface area (Å²) in [6.07, 6.45) is -4.44. The van der Waals surface area contributed by atoms with Gasteiger partial charge in [0.05, 0.1) is 13.0 Å². The van der Waals surface area contributed by atoms with Gasteiger partial charge in [0, 0.05) is 23.1 Å². The average molecular weight is 339 g/mol. The molecule has 0 spiro atoms. The van der Waals surface area contributed by atoms with Gasteiger partial charge in [0.25, 0.3) is 0 Å². The van der Waals surface area contributed by atoms with Crippen molar-refractivity contribution in [3.63, 3.8) is 0 Å². The van der Waals surface area contributed by atoms with E-state index in [2.05, 4.69) is 15.9 Å². The number of carbonyl (C=O) groups is 1. The van der Waals surface area contributed by atoms with Crippen molar-refractivity contribution in [3.05, 3.63) is 34.3 Å². The number of halogens is 4. The summed E-state index contributed by atoms with van der Waals surface area (Å²) >= 11 is 3.27. The van der Waals surface area contributed by atoms with Crippen LogP contribution in [0.3, 0.4) is 0 Å². The van der Waals surface area contributed by atoms with E-state index in [4.69, 9.17) is 4.74 Å². The van der Waals surface area contributed by atoms with Crippen LogP contribution in [0.4, 0.5) is 13.2 Å². The molecule has 0 aliphatic rings. The maximum atomic E-state index is 11.8. The molecular formula is C13H14BrF3O2. The molecule has 106 valence electrons. The first kappa shape index (κ1) is 16.2. The van der Waals surface area contributed by atoms with Crippen LogP contribution in [0.2, 0.25) is 0 Å². The van der Waals surface area contributed by atoms with Crippen LogP contribution in [0.25, 0.3) is 0 Å². The summed E-state index contributed by atoms with van der Waals surface area (Å²) in [5, 5.41) is 0. The summed E-state index contributed by atoms with van der Waals surface area (Å²) in [6.45, 7) is -0.186. The number of hydrogen-bond acceptors (Lipinski definition) is 2. The smallest absolute Gasteiger partial charge is 0.381 e. The first-order chi connectivity index (χ1) is 8.88. The van der Waals surface area contributed by atoms with Gasteiger partial charge in [-0.05, 0) is 18.6 Å². The highest BCUT2D eigenvalue weighted by molar-refractivity contribution is 9.10. The van der Waals surface area contributed by atoms with Crippen LogP contribution >= 0.6 is 15.9 Å². The van der Waals surface area contributed by atoms with E-state index in [0.717, 1.165) is 4.47 Å². The molecule has 2 nitrogen and oxygen atoms in total. The van der Waals surface area contributed by atoms with Gasteiger partial charge in [0.1, 0.15) is 0 Å². The standard InChI is InChI=1S/C13H14BrF3O2/c14-11-5-3-10(4-6-11)12(18)2-1-8-19-9-7-13(15,16)17/h3-6H,1-2,7-9H2. The van der Waals surface area contributed by atoms with Crippen LogP contribution in [0.15, 0.2) is 28.7 Å². The molecule has 0 aliphatic heterocycles. The molecule has 1 rings (SSSR count). The van der Waals surface area contributed by atoms with E-state index in [0.29, 0.717) is 12.0 Å². The molecule has 0 radical (unpaired) electrons. The molecule has 0 bridgehead atoms. The second-order valence-electron chi connectivity index (χ2n) is 4.01. The lowest BCUT2D eigenvalue weighted by Gasteiger charge is -2.07. The Morgan fingerprint density at radius 3 is 2.37 bits per heavy atom. The van der Waals surface area contributed by atoms with Crippen LogP contribution < -0.4 is 0 Å². The summed E-state index contributed by atoms with van der Waals surface area (Å²) < 4.78 is 41.2. The van der Waals surface area contributed by atoms with Gasteiger partial charge in [-0.3, -0.25) is 4.79 Å². The van der Waals surface area contributed by atoms with Gasteiger partial charge in [-0.2, -0.15) is 13.2 Å². The van der Waals surface area contributed by atoms with Gasteiger partial charge in [-0.15, -0.1) is 0 Å². The van der Waals surface area contributed by atoms with Crippen LogP contribution in [0.1, 0.15) is 29.6 Å². The quantitative estimate of drug-likeness (QED) is 0.544. The molecule has 0 saturated heterocycles. The molecule has 0 aliphatic carbocycles. The lowest BCUT2D eigenvalue weighted by atomic mass is 10.1. The Kier molecular flexibility index (Phi) is 6.51. The van der Waals surface area contributed by atoms with E-state index in [1.165, 1.54) is 0 Å². The number of benzene rings is 1. The molecule has 0 N–H and O–H groups in total. The van der Waals surface area contributed by atoms with Crippen LogP contribution in [-0.2, 0) is 4.74 Å². The minimum absolute atomic E-state index is 0.0353. The highest BCUT2D eigenvalue weighted by Gasteiger charge is 2.26. The van der Waals surface area contributed by atoms with Gasteiger partial charge in [0.15, 0.2) is 5.78 Å². The maximum Gasteiger partial charge on any atom is 0.391 e. The monoisotopic (exact) mass is 338 g/mol. The highest BCUT2D eigenvalue weighted by atomic mass is 79.9. The zero-order valence-corrected chi connectivity index (χ0v) is 11.8. The van der Waals surface area contributed by atoms with Crippen molar-refractivity contribution in [1.82, 2.24) is 0 Å². The predicted octanol–water partition coefficient (Wildman–Crippen LogP) is 4.38. The van der Waals surface area contributed by atoms with Gasteiger partial charge in [-0.1, -0.05) is 28.1 Å². The molecule has 0 saturated carbocycles. The molecule has 0 fully saturated rings. The average Bonchev–Trinajstić information content (AvgIpc) is 2.33. The van der Waals surface area contributed by atoms with Crippen molar-refractivity contribution in [3.8, 4) is 0 Å². The fourth-order valence-electron chi connectivity index (χ4n) is 1.40. The Hall–Kier alpha value is -0.880. The maximum absolute atomic E-state index is 11.8. The molecule has 0 aromatic heterocycles. The fourth-order valence-corrected chi connectivity index (χ4v) is 1.67. The minimum Gasteiger partial charge on any atom is -0.381 e. The van der Waals surface area contributed by atoms with E-state index in [1.807, 2.05) is 0 Å². The third kappa shape index (κ3) is 7.32. The number of rotatable bonds is 7. The molecule has 1 aromatic carbocycles. The Labute approximate surface area is 118 Å². The summed E-state index contributed by atoms with van der Waals surface area (Å²) in [4.78, 5) is 11.7. The Morgan fingerprint density at radius 1 is 1.16 bits per heavy atom. The lowest BCUT2D eigenvalue weighted by molar-refractivity contribution is -0.145. The molecule has 0 amide bonds. The van der Waals surface area contributed by atoms with Crippen LogP contribution in [0.5, 0.6) is 0 Å². The summed E-state index contributed by atoms with van der Waals surface area (Å²) in [6, 6.07) is 6.95. The highest BCUT2D eigenvalue weighted by Crippen LogP contribution is 2.19. The van der Waals surface area contributed by atoms with Gasteiger partial charge in [-0.25, -0.2) is 0 Å². The number of hydrogen-bond donors (Lipinski definition) is 0. The van der Waals surface area contributed by atoms with E-state index in [9.17, 15) is 18.0 Å². The van der Waals surface area contributed by atoms with E-state index in [-0.39, 0.29) is 25.4 Å². The SMILES string of the molecule is O=C(CCCOCCC(F)(F)F)c1ccc(Br)cc1. The Morgan fingerprint density at radius 2 is 1.79 bits per heavy atom. The zero-order chi connectivity index (χ0) is 14.3. The Bertz CT molecular complexity index is 401. The molecule has 6 heteroatoms. The fraction of sp³-hybridized carbons (Fsp3) is 0.462.